The Hall–Kier alpha value is -2.44. The van der Waals surface area contributed by atoms with E-state index in [1.54, 1.807) is 13.0 Å². The molecule has 2 rings (SSSR count). The van der Waals surface area contributed by atoms with Crippen molar-refractivity contribution in [1.82, 2.24) is 0 Å². The number of nitrogens with zero attached hydrogens (tertiary/aromatic N) is 2. The standard InChI is InChI=1S/C12H12N2O5/c1-7-9(3-2-4-10(7)14(18)19)13-6-8(12(16)17)5-11(13)15/h2-4,8H,5-6H2,1H3,(H,16,17)/t8-/m1/s1. The Morgan fingerprint density at radius 2 is 2.21 bits per heavy atom. The van der Waals surface area contributed by atoms with Crippen molar-refractivity contribution in [3.8, 4) is 0 Å². The number of aliphatic carboxylic acids is 1. The number of carboxylic acids is 1. The maximum absolute atomic E-state index is 11.8. The van der Waals surface area contributed by atoms with Crippen molar-refractivity contribution in [3.05, 3.63) is 33.9 Å². The molecule has 7 heteroatoms. The number of carboxylic acid groups (broad SMARTS) is 1. The molecule has 0 radical (unpaired) electrons. The van der Waals surface area contributed by atoms with Crippen molar-refractivity contribution >= 4 is 23.3 Å². The first-order chi connectivity index (χ1) is 8.91. The molecule has 1 amide bonds. The highest BCUT2D eigenvalue weighted by atomic mass is 16.6. The molecule has 1 aromatic carbocycles. The van der Waals surface area contributed by atoms with Crippen LogP contribution >= 0.6 is 0 Å². The van der Waals surface area contributed by atoms with E-state index < -0.39 is 16.8 Å². The van der Waals surface area contributed by atoms with Gasteiger partial charge in [-0.2, -0.15) is 0 Å². The minimum Gasteiger partial charge on any atom is -0.481 e. The predicted octanol–water partition coefficient (Wildman–Crippen LogP) is 1.34. The van der Waals surface area contributed by atoms with Crippen molar-refractivity contribution in [2.24, 2.45) is 5.92 Å². The van der Waals surface area contributed by atoms with E-state index in [4.69, 9.17) is 5.11 Å². The number of hydrogen-bond donors (Lipinski definition) is 1. The van der Waals surface area contributed by atoms with Crippen LogP contribution in [0.2, 0.25) is 0 Å². The average molecular weight is 264 g/mol. The van der Waals surface area contributed by atoms with Crippen LogP contribution in [0, 0.1) is 23.0 Å². The zero-order valence-corrected chi connectivity index (χ0v) is 10.2. The summed E-state index contributed by atoms with van der Waals surface area (Å²) in [5.41, 5.74) is 0.693. The van der Waals surface area contributed by atoms with Gasteiger partial charge in [-0.3, -0.25) is 19.7 Å². The second-order valence-electron chi connectivity index (χ2n) is 4.42. The second kappa shape index (κ2) is 4.68. The van der Waals surface area contributed by atoms with E-state index in [2.05, 4.69) is 0 Å². The first-order valence-electron chi connectivity index (χ1n) is 5.69. The third kappa shape index (κ3) is 2.26. The summed E-state index contributed by atoms with van der Waals surface area (Å²) in [5, 5.41) is 19.8. The lowest BCUT2D eigenvalue weighted by molar-refractivity contribution is -0.385. The monoisotopic (exact) mass is 264 g/mol. The van der Waals surface area contributed by atoms with Crippen LogP contribution in [0.3, 0.4) is 0 Å². The zero-order chi connectivity index (χ0) is 14.2. The van der Waals surface area contributed by atoms with Gasteiger partial charge in [0.25, 0.3) is 5.69 Å². The summed E-state index contributed by atoms with van der Waals surface area (Å²) >= 11 is 0. The summed E-state index contributed by atoms with van der Waals surface area (Å²) in [6, 6.07) is 4.43. The molecule has 1 aliphatic rings. The lowest BCUT2D eigenvalue weighted by atomic mass is 10.1. The molecule has 1 heterocycles. The molecule has 0 spiro atoms. The van der Waals surface area contributed by atoms with Crippen LogP contribution in [-0.2, 0) is 9.59 Å². The second-order valence-corrected chi connectivity index (χ2v) is 4.42. The van der Waals surface area contributed by atoms with Crippen LogP contribution in [-0.4, -0.2) is 28.5 Å². The summed E-state index contributed by atoms with van der Waals surface area (Å²) in [4.78, 5) is 34.4. The van der Waals surface area contributed by atoms with E-state index in [-0.39, 0.29) is 24.6 Å². The van der Waals surface area contributed by atoms with Crippen LogP contribution in [0.15, 0.2) is 18.2 Å². The highest BCUT2D eigenvalue weighted by Gasteiger charge is 2.36. The van der Waals surface area contributed by atoms with Crippen LogP contribution in [0.4, 0.5) is 11.4 Å². The van der Waals surface area contributed by atoms with Crippen molar-refractivity contribution in [2.45, 2.75) is 13.3 Å². The lowest BCUT2D eigenvalue weighted by Crippen LogP contribution is -2.26. The van der Waals surface area contributed by atoms with Gasteiger partial charge in [-0.15, -0.1) is 0 Å². The van der Waals surface area contributed by atoms with Crippen LogP contribution in [0.5, 0.6) is 0 Å². The number of benzene rings is 1. The highest BCUT2D eigenvalue weighted by Crippen LogP contribution is 2.32. The maximum Gasteiger partial charge on any atom is 0.308 e. The van der Waals surface area contributed by atoms with Crippen LogP contribution in [0.1, 0.15) is 12.0 Å². The Bertz CT molecular complexity index is 569. The van der Waals surface area contributed by atoms with Gasteiger partial charge in [-0.1, -0.05) is 6.07 Å². The highest BCUT2D eigenvalue weighted by molar-refractivity contribution is 6.00. The fraction of sp³-hybridized carbons (Fsp3) is 0.333. The normalized spacial score (nSPS) is 18.7. The quantitative estimate of drug-likeness (QED) is 0.655. The summed E-state index contributed by atoms with van der Waals surface area (Å²) < 4.78 is 0. The predicted molar refractivity (Wildman–Crippen MR) is 65.9 cm³/mol. The molecule has 1 N–H and O–H groups in total. The van der Waals surface area contributed by atoms with E-state index in [1.807, 2.05) is 0 Å². The van der Waals surface area contributed by atoms with Crippen LogP contribution < -0.4 is 4.90 Å². The van der Waals surface area contributed by atoms with Crippen molar-refractivity contribution in [1.29, 1.82) is 0 Å². The van der Waals surface area contributed by atoms with E-state index >= 15 is 0 Å². The van der Waals surface area contributed by atoms with E-state index in [0.29, 0.717) is 11.3 Å². The summed E-state index contributed by atoms with van der Waals surface area (Å²) in [7, 11) is 0. The Morgan fingerprint density at radius 3 is 2.74 bits per heavy atom. The minimum atomic E-state index is -1.03. The molecule has 0 unspecified atom stereocenters. The number of carbonyl (C=O) groups excluding carboxylic acids is 1. The number of amides is 1. The SMILES string of the molecule is Cc1c(N2C[C@H](C(=O)O)CC2=O)cccc1[N+](=O)[O-]. The van der Waals surface area contributed by atoms with Gasteiger partial charge in [-0.05, 0) is 13.0 Å². The molecule has 7 nitrogen and oxygen atoms in total. The molecule has 0 aromatic heterocycles. The number of rotatable bonds is 3. The molecular formula is C12H12N2O5. The smallest absolute Gasteiger partial charge is 0.308 e. The van der Waals surface area contributed by atoms with Gasteiger partial charge in [0.05, 0.1) is 22.1 Å². The largest absolute Gasteiger partial charge is 0.481 e. The van der Waals surface area contributed by atoms with Gasteiger partial charge in [0.2, 0.25) is 5.91 Å². The van der Waals surface area contributed by atoms with E-state index in [9.17, 15) is 19.7 Å². The van der Waals surface area contributed by atoms with Crippen LogP contribution in [0.25, 0.3) is 0 Å². The fourth-order valence-electron chi connectivity index (χ4n) is 2.21. The molecule has 0 aliphatic carbocycles. The molecule has 0 bridgehead atoms. The number of anilines is 1. The first kappa shape index (κ1) is 13.0. The lowest BCUT2D eigenvalue weighted by Gasteiger charge is -2.18. The Labute approximate surface area is 108 Å². The van der Waals surface area contributed by atoms with E-state index in [1.165, 1.54) is 17.0 Å². The number of hydrogen-bond acceptors (Lipinski definition) is 4. The number of nitro groups is 1. The van der Waals surface area contributed by atoms with Gasteiger partial charge in [-0.25, -0.2) is 0 Å². The molecular weight excluding hydrogens is 252 g/mol. The fourth-order valence-corrected chi connectivity index (χ4v) is 2.21. The third-order valence-electron chi connectivity index (χ3n) is 3.24. The molecule has 1 aromatic rings. The Morgan fingerprint density at radius 1 is 1.53 bits per heavy atom. The zero-order valence-electron chi connectivity index (χ0n) is 10.2. The first-order valence-corrected chi connectivity index (χ1v) is 5.69. The molecule has 0 saturated carbocycles. The van der Waals surface area contributed by atoms with E-state index in [0.717, 1.165) is 0 Å². The summed E-state index contributed by atoms with van der Waals surface area (Å²) in [6.07, 6.45) is -0.0720. The number of carbonyl (C=O) groups is 2. The molecule has 1 saturated heterocycles. The molecule has 100 valence electrons. The third-order valence-corrected chi connectivity index (χ3v) is 3.24. The van der Waals surface area contributed by atoms with Gasteiger partial charge < -0.3 is 10.0 Å². The molecule has 19 heavy (non-hydrogen) atoms. The van der Waals surface area contributed by atoms with Crippen molar-refractivity contribution in [2.75, 3.05) is 11.4 Å². The Balaban J connectivity index is 2.38. The maximum atomic E-state index is 11.8. The molecule has 1 atom stereocenters. The van der Waals surface area contributed by atoms with Gasteiger partial charge >= 0.3 is 5.97 Å². The van der Waals surface area contributed by atoms with Gasteiger partial charge in [0.15, 0.2) is 0 Å². The van der Waals surface area contributed by atoms with Gasteiger partial charge in [0, 0.05) is 19.0 Å². The topological polar surface area (TPSA) is 101 Å². The van der Waals surface area contributed by atoms with Crippen molar-refractivity contribution < 1.29 is 19.6 Å². The van der Waals surface area contributed by atoms with Crippen molar-refractivity contribution in [3.63, 3.8) is 0 Å². The molecule has 1 aliphatic heterocycles. The summed E-state index contributed by atoms with van der Waals surface area (Å²) in [5.74, 6) is -2.11. The average Bonchev–Trinajstić information content (AvgIpc) is 2.71. The minimum absolute atomic E-state index is 0.0518. The Kier molecular flexibility index (Phi) is 3.20. The number of nitro benzene ring substituents is 1. The summed E-state index contributed by atoms with van der Waals surface area (Å²) in [6.45, 7) is 1.60. The molecule has 1 fully saturated rings. The van der Waals surface area contributed by atoms with Gasteiger partial charge in [0.1, 0.15) is 0 Å².